The Kier molecular flexibility index (Phi) is 3.96. The maximum Gasteiger partial charge on any atom is 0.252 e. The molecule has 0 aliphatic heterocycles. The van der Waals surface area contributed by atoms with E-state index in [0.29, 0.717) is 5.56 Å². The molecule has 2 rings (SSSR count). The molecule has 5 nitrogen and oxygen atoms in total. The first-order chi connectivity index (χ1) is 9.32. The zero-order valence-electron chi connectivity index (χ0n) is 11.8. The minimum absolute atomic E-state index is 0.00327. The Morgan fingerprint density at radius 1 is 1.20 bits per heavy atom. The second-order valence-electron chi connectivity index (χ2n) is 4.89. The zero-order chi connectivity index (χ0) is 14.9. The predicted molar refractivity (Wildman–Crippen MR) is 80.3 cm³/mol. The van der Waals surface area contributed by atoms with Crippen LogP contribution in [0.25, 0.3) is 10.9 Å². The maximum atomic E-state index is 12.0. The molecular weight excluding hydrogens is 276 g/mol. The lowest BCUT2D eigenvalue weighted by Crippen LogP contribution is -2.28. The van der Waals surface area contributed by atoms with Gasteiger partial charge in [-0.05, 0) is 44.0 Å². The van der Waals surface area contributed by atoms with Crippen molar-refractivity contribution in [1.29, 1.82) is 0 Å². The maximum absolute atomic E-state index is 12.0. The van der Waals surface area contributed by atoms with E-state index in [0.717, 1.165) is 22.0 Å². The van der Waals surface area contributed by atoms with Gasteiger partial charge in [-0.25, -0.2) is 13.1 Å². The quantitative estimate of drug-likeness (QED) is 0.898. The van der Waals surface area contributed by atoms with Gasteiger partial charge in [0, 0.05) is 23.0 Å². The van der Waals surface area contributed by atoms with Crippen LogP contribution in [0.4, 0.5) is 0 Å². The highest BCUT2D eigenvalue weighted by Gasteiger charge is 2.10. The van der Waals surface area contributed by atoms with Crippen LogP contribution in [0.1, 0.15) is 23.6 Å². The summed E-state index contributed by atoms with van der Waals surface area (Å²) in [6.45, 7) is 5.50. The van der Waals surface area contributed by atoms with E-state index in [9.17, 15) is 13.2 Å². The number of pyridine rings is 1. The summed E-state index contributed by atoms with van der Waals surface area (Å²) in [5.41, 5.74) is 3.05. The summed E-state index contributed by atoms with van der Waals surface area (Å²) >= 11 is 0. The molecule has 1 aromatic heterocycles. The molecule has 0 radical (unpaired) electrons. The van der Waals surface area contributed by atoms with Crippen LogP contribution in [0.15, 0.2) is 23.0 Å². The van der Waals surface area contributed by atoms with Crippen molar-refractivity contribution in [3.05, 3.63) is 45.2 Å². The lowest BCUT2D eigenvalue weighted by atomic mass is 10.0. The largest absolute Gasteiger partial charge is 0.322 e. The molecule has 1 aromatic carbocycles. The predicted octanol–water partition coefficient (Wildman–Crippen LogP) is 1.58. The number of aromatic amines is 1. The minimum atomic E-state index is -3.31. The normalized spacial score (nSPS) is 11.9. The van der Waals surface area contributed by atoms with Crippen LogP contribution < -0.4 is 10.3 Å². The van der Waals surface area contributed by atoms with Gasteiger partial charge in [-0.3, -0.25) is 4.79 Å². The van der Waals surface area contributed by atoms with Crippen LogP contribution in [-0.4, -0.2) is 19.2 Å². The second-order valence-corrected chi connectivity index (χ2v) is 6.99. The van der Waals surface area contributed by atoms with Gasteiger partial charge in [0.1, 0.15) is 0 Å². The number of aromatic nitrogens is 1. The third kappa shape index (κ3) is 3.08. The highest BCUT2D eigenvalue weighted by molar-refractivity contribution is 7.89. The van der Waals surface area contributed by atoms with Crippen LogP contribution in [0, 0.1) is 13.8 Å². The number of hydrogen-bond acceptors (Lipinski definition) is 3. The Bertz CT molecular complexity index is 807. The molecule has 0 saturated heterocycles. The minimum Gasteiger partial charge on any atom is -0.322 e. The molecule has 2 N–H and O–H groups in total. The fraction of sp³-hybridized carbons (Fsp3) is 0.357. The Labute approximate surface area is 118 Å². The van der Waals surface area contributed by atoms with Gasteiger partial charge in [-0.1, -0.05) is 6.07 Å². The third-order valence-electron chi connectivity index (χ3n) is 3.25. The van der Waals surface area contributed by atoms with E-state index < -0.39 is 10.0 Å². The summed E-state index contributed by atoms with van der Waals surface area (Å²) in [6.07, 6.45) is 0. The first-order valence-electron chi connectivity index (χ1n) is 6.43. The lowest BCUT2D eigenvalue weighted by Gasteiger charge is -2.08. The van der Waals surface area contributed by atoms with Crippen LogP contribution in [0.2, 0.25) is 0 Å². The smallest absolute Gasteiger partial charge is 0.252 e. The molecule has 2 aromatic rings. The highest BCUT2D eigenvalue weighted by Crippen LogP contribution is 2.18. The topological polar surface area (TPSA) is 79.0 Å². The van der Waals surface area contributed by atoms with E-state index in [4.69, 9.17) is 0 Å². The number of rotatable bonds is 4. The molecule has 1 heterocycles. The molecule has 20 heavy (non-hydrogen) atoms. The van der Waals surface area contributed by atoms with E-state index in [1.807, 2.05) is 26.0 Å². The summed E-state index contributed by atoms with van der Waals surface area (Å²) in [5, 5.41) is 0.931. The van der Waals surface area contributed by atoms with Crippen LogP contribution >= 0.6 is 0 Å². The molecule has 108 valence electrons. The fourth-order valence-electron chi connectivity index (χ4n) is 2.14. The Morgan fingerprint density at radius 3 is 2.55 bits per heavy atom. The number of H-pyrrole nitrogens is 1. The molecule has 0 amide bonds. The van der Waals surface area contributed by atoms with Crippen LogP contribution in [-0.2, 0) is 16.6 Å². The first kappa shape index (κ1) is 14.7. The van der Waals surface area contributed by atoms with Gasteiger partial charge < -0.3 is 4.98 Å². The standard InChI is InChI=1S/C14H18N2O3S/c1-4-20(18,19)15-8-11-7-12-10(3)5-9(2)6-13(12)16-14(11)17/h5-7,15H,4,8H2,1-3H3,(H,16,17). The van der Waals surface area contributed by atoms with E-state index >= 15 is 0 Å². The van der Waals surface area contributed by atoms with E-state index in [-0.39, 0.29) is 17.9 Å². The summed E-state index contributed by atoms with van der Waals surface area (Å²) in [7, 11) is -3.31. The average Bonchev–Trinajstić information content (AvgIpc) is 2.36. The molecule has 0 saturated carbocycles. The number of sulfonamides is 1. The van der Waals surface area contributed by atoms with Crippen molar-refractivity contribution in [2.24, 2.45) is 0 Å². The second kappa shape index (κ2) is 5.38. The van der Waals surface area contributed by atoms with E-state index in [1.165, 1.54) is 0 Å². The van der Waals surface area contributed by atoms with E-state index in [2.05, 4.69) is 9.71 Å². The molecule has 0 fully saturated rings. The number of nitrogens with one attached hydrogen (secondary N) is 2. The molecule has 6 heteroatoms. The number of aryl methyl sites for hydroxylation is 2. The highest BCUT2D eigenvalue weighted by atomic mass is 32.2. The van der Waals surface area contributed by atoms with Gasteiger partial charge >= 0.3 is 0 Å². The molecule has 0 atom stereocenters. The Balaban J connectivity index is 2.46. The van der Waals surface area contributed by atoms with Crippen LogP contribution in [0.3, 0.4) is 0 Å². The average molecular weight is 294 g/mol. The van der Waals surface area contributed by atoms with Crippen molar-refractivity contribution in [3.8, 4) is 0 Å². The zero-order valence-corrected chi connectivity index (χ0v) is 12.6. The number of benzene rings is 1. The summed E-state index contributed by atoms with van der Waals surface area (Å²) < 4.78 is 25.3. The SMILES string of the molecule is CCS(=O)(=O)NCc1cc2c(C)cc(C)cc2[nH]c1=O. The van der Waals surface area contributed by atoms with Crippen molar-refractivity contribution in [2.75, 3.05) is 5.75 Å². The third-order valence-corrected chi connectivity index (χ3v) is 4.60. The van der Waals surface area contributed by atoms with Crippen molar-refractivity contribution in [3.63, 3.8) is 0 Å². The van der Waals surface area contributed by atoms with Crippen molar-refractivity contribution in [2.45, 2.75) is 27.3 Å². The van der Waals surface area contributed by atoms with Gasteiger partial charge in [0.15, 0.2) is 0 Å². The Morgan fingerprint density at radius 2 is 1.90 bits per heavy atom. The van der Waals surface area contributed by atoms with E-state index in [1.54, 1.807) is 13.0 Å². The molecule has 0 bridgehead atoms. The first-order valence-corrected chi connectivity index (χ1v) is 8.08. The number of fused-ring (bicyclic) bond motifs is 1. The van der Waals surface area contributed by atoms with Gasteiger partial charge in [-0.2, -0.15) is 0 Å². The van der Waals surface area contributed by atoms with Gasteiger partial charge in [0.05, 0.1) is 5.75 Å². The van der Waals surface area contributed by atoms with Crippen molar-refractivity contribution in [1.82, 2.24) is 9.71 Å². The summed E-state index contributed by atoms with van der Waals surface area (Å²) in [4.78, 5) is 14.8. The monoisotopic (exact) mass is 294 g/mol. The Hall–Kier alpha value is -1.66. The fourth-order valence-corrected chi connectivity index (χ4v) is 2.72. The van der Waals surface area contributed by atoms with Crippen molar-refractivity contribution >= 4 is 20.9 Å². The van der Waals surface area contributed by atoms with Crippen LogP contribution in [0.5, 0.6) is 0 Å². The molecule has 0 aliphatic carbocycles. The van der Waals surface area contributed by atoms with Gasteiger partial charge in [-0.15, -0.1) is 0 Å². The summed E-state index contributed by atoms with van der Waals surface area (Å²) in [6, 6.07) is 5.69. The molecule has 0 spiro atoms. The molecule has 0 unspecified atom stereocenters. The summed E-state index contributed by atoms with van der Waals surface area (Å²) in [5.74, 6) is -0.00327. The lowest BCUT2D eigenvalue weighted by molar-refractivity contribution is 0.582. The number of hydrogen-bond donors (Lipinski definition) is 2. The van der Waals surface area contributed by atoms with Gasteiger partial charge in [0.25, 0.3) is 5.56 Å². The van der Waals surface area contributed by atoms with Crippen molar-refractivity contribution < 1.29 is 8.42 Å². The van der Waals surface area contributed by atoms with Gasteiger partial charge in [0.2, 0.25) is 10.0 Å². The molecule has 0 aliphatic rings. The molecular formula is C14H18N2O3S.